The van der Waals surface area contributed by atoms with E-state index in [1.54, 1.807) is 6.20 Å². The molecule has 0 spiro atoms. The second kappa shape index (κ2) is 7.29. The SMILES string of the molecule is OCc1ncc(-c2cc(OCc3ccccn3)nc3c2CCCC3)s1. The fourth-order valence-electron chi connectivity index (χ4n) is 3.11. The number of thiazole rings is 1. The predicted octanol–water partition coefficient (Wildman–Crippen LogP) is 3.55. The van der Waals surface area contributed by atoms with Crippen LogP contribution in [0.25, 0.3) is 10.4 Å². The summed E-state index contributed by atoms with van der Waals surface area (Å²) in [5.41, 5.74) is 4.44. The number of aliphatic hydroxyl groups is 1. The zero-order valence-corrected chi connectivity index (χ0v) is 14.6. The normalized spacial score (nSPS) is 13.5. The minimum atomic E-state index is -0.0268. The summed E-state index contributed by atoms with van der Waals surface area (Å²) in [5, 5.41) is 10.0. The Labute approximate surface area is 150 Å². The van der Waals surface area contributed by atoms with Crippen molar-refractivity contribution in [2.45, 2.75) is 38.9 Å². The molecule has 128 valence electrons. The summed E-state index contributed by atoms with van der Waals surface area (Å²) in [7, 11) is 0. The highest BCUT2D eigenvalue weighted by Gasteiger charge is 2.19. The largest absolute Gasteiger partial charge is 0.471 e. The molecule has 0 bridgehead atoms. The second-order valence-electron chi connectivity index (χ2n) is 6.03. The van der Waals surface area contributed by atoms with E-state index in [-0.39, 0.29) is 6.61 Å². The van der Waals surface area contributed by atoms with Gasteiger partial charge in [-0.3, -0.25) is 4.98 Å². The molecule has 0 unspecified atom stereocenters. The first kappa shape index (κ1) is 16.2. The molecule has 3 aromatic heterocycles. The highest BCUT2D eigenvalue weighted by atomic mass is 32.1. The lowest BCUT2D eigenvalue weighted by atomic mass is 9.92. The van der Waals surface area contributed by atoms with Gasteiger partial charge in [0.05, 0.1) is 17.2 Å². The monoisotopic (exact) mass is 353 g/mol. The summed E-state index contributed by atoms with van der Waals surface area (Å²) in [6, 6.07) is 7.78. The van der Waals surface area contributed by atoms with Crippen molar-refractivity contribution < 1.29 is 9.84 Å². The third-order valence-corrected chi connectivity index (χ3v) is 5.34. The van der Waals surface area contributed by atoms with Crippen LogP contribution < -0.4 is 4.74 Å². The fourth-order valence-corrected chi connectivity index (χ4v) is 3.93. The molecule has 1 aliphatic rings. The van der Waals surface area contributed by atoms with Crippen LogP contribution in [-0.2, 0) is 26.1 Å². The number of aliphatic hydroxyl groups excluding tert-OH is 1. The first-order valence-corrected chi connectivity index (χ1v) is 9.26. The molecule has 0 saturated carbocycles. The first-order valence-electron chi connectivity index (χ1n) is 8.45. The van der Waals surface area contributed by atoms with E-state index in [2.05, 4.69) is 9.97 Å². The molecular weight excluding hydrogens is 334 g/mol. The Morgan fingerprint density at radius 3 is 2.88 bits per heavy atom. The molecular formula is C19H19N3O2S. The van der Waals surface area contributed by atoms with Gasteiger partial charge in [-0.2, -0.15) is 0 Å². The summed E-state index contributed by atoms with van der Waals surface area (Å²) >= 11 is 1.53. The average Bonchev–Trinajstić information content (AvgIpc) is 3.15. The van der Waals surface area contributed by atoms with Crippen LogP contribution >= 0.6 is 11.3 Å². The maximum absolute atomic E-state index is 9.31. The maximum atomic E-state index is 9.31. The van der Waals surface area contributed by atoms with Gasteiger partial charge < -0.3 is 9.84 Å². The second-order valence-corrected chi connectivity index (χ2v) is 7.14. The topological polar surface area (TPSA) is 68.1 Å². The van der Waals surface area contributed by atoms with E-state index >= 15 is 0 Å². The standard InChI is InChI=1S/C19H19N3O2S/c23-11-19-21-10-17(25-19)15-9-18(22-16-7-2-1-6-14(15)16)24-12-13-5-3-4-8-20-13/h3-5,8-10,23H,1-2,6-7,11-12H2. The van der Waals surface area contributed by atoms with Gasteiger partial charge in [-0.15, -0.1) is 11.3 Å². The fraction of sp³-hybridized carbons (Fsp3) is 0.316. The molecule has 0 atom stereocenters. The Kier molecular flexibility index (Phi) is 4.72. The number of pyridine rings is 2. The highest BCUT2D eigenvalue weighted by Crippen LogP contribution is 2.36. The number of nitrogens with zero attached hydrogens (tertiary/aromatic N) is 3. The molecule has 4 rings (SSSR count). The number of ether oxygens (including phenoxy) is 1. The third-order valence-electron chi connectivity index (χ3n) is 4.33. The first-order chi connectivity index (χ1) is 12.3. The molecule has 0 fully saturated rings. The van der Waals surface area contributed by atoms with Crippen molar-refractivity contribution in [1.82, 2.24) is 15.0 Å². The summed E-state index contributed by atoms with van der Waals surface area (Å²) < 4.78 is 5.91. The van der Waals surface area contributed by atoms with Crippen LogP contribution in [0.4, 0.5) is 0 Å². The van der Waals surface area contributed by atoms with Crippen molar-refractivity contribution in [2.24, 2.45) is 0 Å². The van der Waals surface area contributed by atoms with Crippen molar-refractivity contribution in [3.63, 3.8) is 0 Å². The zero-order chi connectivity index (χ0) is 17.1. The van der Waals surface area contributed by atoms with Gasteiger partial charge in [0.15, 0.2) is 0 Å². The minimum Gasteiger partial charge on any atom is -0.471 e. The lowest BCUT2D eigenvalue weighted by Crippen LogP contribution is -2.09. The van der Waals surface area contributed by atoms with E-state index < -0.39 is 0 Å². The molecule has 1 N–H and O–H groups in total. The Balaban J connectivity index is 1.67. The smallest absolute Gasteiger partial charge is 0.214 e. The number of hydrogen-bond acceptors (Lipinski definition) is 6. The van der Waals surface area contributed by atoms with Crippen molar-refractivity contribution in [1.29, 1.82) is 0 Å². The molecule has 6 heteroatoms. The Morgan fingerprint density at radius 2 is 2.08 bits per heavy atom. The van der Waals surface area contributed by atoms with Crippen molar-refractivity contribution in [2.75, 3.05) is 0 Å². The van der Waals surface area contributed by atoms with E-state index in [0.29, 0.717) is 12.5 Å². The van der Waals surface area contributed by atoms with Crippen molar-refractivity contribution in [3.8, 4) is 16.3 Å². The van der Waals surface area contributed by atoms with Crippen LogP contribution in [0.3, 0.4) is 0 Å². The average molecular weight is 353 g/mol. The van der Waals surface area contributed by atoms with Crippen molar-refractivity contribution in [3.05, 3.63) is 58.6 Å². The number of fused-ring (bicyclic) bond motifs is 1. The van der Waals surface area contributed by atoms with Crippen LogP contribution in [0, 0.1) is 0 Å². The third kappa shape index (κ3) is 3.55. The molecule has 0 aromatic carbocycles. The van der Waals surface area contributed by atoms with Crippen LogP contribution in [0.15, 0.2) is 36.7 Å². The minimum absolute atomic E-state index is 0.0268. The number of hydrogen-bond donors (Lipinski definition) is 1. The Morgan fingerprint density at radius 1 is 1.16 bits per heavy atom. The van der Waals surface area contributed by atoms with Gasteiger partial charge in [-0.05, 0) is 43.4 Å². The summed E-state index contributed by atoms with van der Waals surface area (Å²) in [4.78, 5) is 14.4. The summed E-state index contributed by atoms with van der Waals surface area (Å²) in [5.74, 6) is 0.625. The maximum Gasteiger partial charge on any atom is 0.214 e. The molecule has 5 nitrogen and oxygen atoms in total. The molecule has 3 heterocycles. The van der Waals surface area contributed by atoms with Gasteiger partial charge in [0.1, 0.15) is 11.6 Å². The van der Waals surface area contributed by atoms with E-state index in [9.17, 15) is 5.11 Å². The molecule has 3 aromatic rings. The Hall–Kier alpha value is -2.31. The molecule has 25 heavy (non-hydrogen) atoms. The number of aryl methyl sites for hydroxylation is 1. The lowest BCUT2D eigenvalue weighted by Gasteiger charge is -2.19. The van der Waals surface area contributed by atoms with E-state index in [4.69, 9.17) is 9.72 Å². The van der Waals surface area contributed by atoms with Gasteiger partial charge in [0.2, 0.25) is 5.88 Å². The lowest BCUT2D eigenvalue weighted by molar-refractivity contribution is 0.281. The van der Waals surface area contributed by atoms with Crippen LogP contribution in [0.2, 0.25) is 0 Å². The summed E-state index contributed by atoms with van der Waals surface area (Å²) in [6.07, 6.45) is 7.95. The van der Waals surface area contributed by atoms with Gasteiger partial charge in [-0.25, -0.2) is 9.97 Å². The molecule has 0 radical (unpaired) electrons. The summed E-state index contributed by atoms with van der Waals surface area (Å²) in [6.45, 7) is 0.373. The zero-order valence-electron chi connectivity index (χ0n) is 13.8. The van der Waals surface area contributed by atoms with Crippen LogP contribution in [0.5, 0.6) is 5.88 Å². The molecule has 0 saturated heterocycles. The van der Waals surface area contributed by atoms with Crippen LogP contribution in [0.1, 0.15) is 34.8 Å². The van der Waals surface area contributed by atoms with Gasteiger partial charge in [0.25, 0.3) is 0 Å². The highest BCUT2D eigenvalue weighted by molar-refractivity contribution is 7.15. The molecule has 0 aliphatic heterocycles. The Bertz CT molecular complexity index is 864. The number of rotatable bonds is 5. The predicted molar refractivity (Wildman–Crippen MR) is 96.5 cm³/mol. The number of aromatic nitrogens is 3. The van der Waals surface area contributed by atoms with E-state index in [1.165, 1.54) is 23.3 Å². The van der Waals surface area contributed by atoms with Gasteiger partial charge >= 0.3 is 0 Å². The van der Waals surface area contributed by atoms with E-state index in [0.717, 1.165) is 46.1 Å². The van der Waals surface area contributed by atoms with Gasteiger partial charge in [-0.1, -0.05) is 6.07 Å². The van der Waals surface area contributed by atoms with Crippen molar-refractivity contribution >= 4 is 11.3 Å². The van der Waals surface area contributed by atoms with Crippen LogP contribution in [-0.4, -0.2) is 20.1 Å². The molecule has 0 amide bonds. The van der Waals surface area contributed by atoms with Gasteiger partial charge in [0, 0.05) is 29.7 Å². The quantitative estimate of drug-likeness (QED) is 0.760. The van der Waals surface area contributed by atoms with E-state index in [1.807, 2.05) is 30.5 Å². The molecule has 1 aliphatic carbocycles.